The molecule has 4 bridgehead atoms. The van der Waals surface area contributed by atoms with Gasteiger partial charge >= 0.3 is 5.97 Å². The van der Waals surface area contributed by atoms with E-state index in [1.165, 1.54) is 21.5 Å². The molecule has 0 radical (unpaired) electrons. The summed E-state index contributed by atoms with van der Waals surface area (Å²) in [5.74, 6) is 0.0421. The van der Waals surface area contributed by atoms with Gasteiger partial charge in [0.15, 0.2) is 0 Å². The third kappa shape index (κ3) is 12.5. The maximum absolute atomic E-state index is 13.9. The molecule has 0 unspecified atom stereocenters. The molecule has 3 aromatic rings. The van der Waals surface area contributed by atoms with Crippen molar-refractivity contribution >= 4 is 96.2 Å². The van der Waals surface area contributed by atoms with Crippen LogP contribution in [0, 0.1) is 17.3 Å². The Labute approximate surface area is 398 Å². The molecule has 2 aromatic heterocycles. The molecule has 0 spiro atoms. The van der Waals surface area contributed by atoms with Crippen molar-refractivity contribution in [3.8, 4) is 11.3 Å². The summed E-state index contributed by atoms with van der Waals surface area (Å²) in [4.78, 5) is 48.2. The molecule has 1 aromatic carbocycles. The number of nitrogens with one attached hydrogen (secondary N) is 2. The van der Waals surface area contributed by atoms with Crippen molar-refractivity contribution in [2.45, 2.75) is 117 Å². The number of amides is 2. The van der Waals surface area contributed by atoms with Crippen molar-refractivity contribution in [2.75, 3.05) is 40.4 Å². The lowest BCUT2D eigenvalue weighted by molar-refractivity contribution is -0.155. The van der Waals surface area contributed by atoms with E-state index in [0.29, 0.717) is 50.5 Å². The minimum Gasteiger partial charge on any atom is -0.464 e. The number of pyridine rings is 1. The van der Waals surface area contributed by atoms with E-state index < -0.39 is 17.5 Å². The molecule has 342 valence electrons. The Morgan fingerprint density at radius 3 is 2.41 bits per heavy atom. The Balaban J connectivity index is 0.00000256. The van der Waals surface area contributed by atoms with E-state index >= 15 is 0 Å². The Morgan fingerprint density at radius 2 is 1.75 bits per heavy atom. The number of cyclic esters (lactones) is 1. The fraction of sp³-hybridized carbons (Fsp3) is 0.600. The van der Waals surface area contributed by atoms with Crippen LogP contribution in [0.25, 0.3) is 22.2 Å². The zero-order valence-electron chi connectivity index (χ0n) is 37.0. The maximum atomic E-state index is 13.9. The first-order valence-electron chi connectivity index (χ1n) is 20.9. The van der Waals surface area contributed by atoms with Crippen LogP contribution in [-0.2, 0) is 43.2 Å². The number of ether oxygens (including phenoxy) is 2. The molecule has 5 atom stereocenters. The van der Waals surface area contributed by atoms with Gasteiger partial charge in [-0.25, -0.2) is 5.43 Å². The number of aromatic nitrogens is 2. The number of benzene rings is 1. The van der Waals surface area contributed by atoms with Gasteiger partial charge in [-0.2, -0.15) is 67.5 Å². The number of allylic oxidation sites excluding steroid dienone is 1. The molecule has 7 rings (SSSR count). The van der Waals surface area contributed by atoms with Crippen LogP contribution in [0.15, 0.2) is 42.6 Å². The first-order chi connectivity index (χ1) is 26.9. The van der Waals surface area contributed by atoms with Crippen LogP contribution in [0.3, 0.4) is 0 Å². The van der Waals surface area contributed by atoms with Gasteiger partial charge in [0.2, 0.25) is 5.91 Å². The molecule has 61 heavy (non-hydrogen) atoms. The predicted octanol–water partition coefficient (Wildman–Crippen LogP) is 7.05. The molecule has 5 heterocycles. The number of carbonyl (C=O) groups excluding carboxylic acids is 3. The van der Waals surface area contributed by atoms with Gasteiger partial charge in [-0.1, -0.05) is 39.0 Å². The third-order valence-electron chi connectivity index (χ3n) is 12.6. The lowest BCUT2D eigenvalue weighted by Gasteiger charge is -2.35. The molecule has 2 saturated heterocycles. The number of aryl methyl sites for hydroxylation is 1. The summed E-state index contributed by atoms with van der Waals surface area (Å²) in [6.45, 7) is 14.2. The van der Waals surface area contributed by atoms with Crippen LogP contribution >= 0.6 is 67.5 Å². The molecule has 2 amide bonds. The molecule has 3 fully saturated rings. The van der Waals surface area contributed by atoms with E-state index in [0.717, 1.165) is 66.9 Å². The summed E-state index contributed by atoms with van der Waals surface area (Å²) in [7, 11) is 3.94. The number of rotatable bonds is 7. The minimum atomic E-state index is -0.732. The highest BCUT2D eigenvalue weighted by Gasteiger charge is 2.41. The topological polar surface area (TPSA) is 118 Å². The number of methoxy groups -OCH3 is 1. The number of hydrogen-bond acceptors (Lipinski definition) is 8. The van der Waals surface area contributed by atoms with Gasteiger partial charge in [0.1, 0.15) is 12.1 Å². The summed E-state index contributed by atoms with van der Waals surface area (Å²) < 4.78 is 14.5. The maximum Gasteiger partial charge on any atom is 0.324 e. The van der Waals surface area contributed by atoms with Crippen molar-refractivity contribution in [3.05, 3.63) is 65.0 Å². The fourth-order valence-electron chi connectivity index (χ4n) is 8.93. The van der Waals surface area contributed by atoms with E-state index in [1.54, 1.807) is 7.11 Å². The van der Waals surface area contributed by atoms with E-state index in [-0.39, 0.29) is 104 Å². The van der Waals surface area contributed by atoms with Crippen LogP contribution in [0.4, 0.5) is 0 Å². The summed E-state index contributed by atoms with van der Waals surface area (Å²) in [6.07, 6.45) is 12.0. The number of piperidine rings is 1. The summed E-state index contributed by atoms with van der Waals surface area (Å²) in [5, 5.41) is 5.74. The monoisotopic (exact) mass is 936 g/mol. The van der Waals surface area contributed by atoms with Gasteiger partial charge in [-0.3, -0.25) is 24.4 Å². The van der Waals surface area contributed by atoms with Crippen LogP contribution in [0.5, 0.6) is 0 Å². The number of esters is 1. The van der Waals surface area contributed by atoms with Gasteiger partial charge in [0.05, 0.1) is 24.1 Å². The average Bonchev–Trinajstić information content (AvgIpc) is 3.87. The van der Waals surface area contributed by atoms with E-state index in [1.807, 2.05) is 6.08 Å². The lowest BCUT2D eigenvalue weighted by Crippen LogP contribution is -2.60. The molecule has 1 aliphatic carbocycles. The van der Waals surface area contributed by atoms with Crippen LogP contribution < -0.4 is 10.7 Å². The highest BCUT2D eigenvalue weighted by Crippen LogP contribution is 2.43. The molecule has 4 aliphatic rings. The van der Waals surface area contributed by atoms with Crippen molar-refractivity contribution in [1.29, 1.82) is 0 Å². The molecular weight excluding hydrogens is 865 g/mol. The number of hydrogen-bond donors (Lipinski definition) is 2. The number of hydrazine groups is 1. The van der Waals surface area contributed by atoms with Gasteiger partial charge in [0.25, 0.3) is 5.91 Å². The number of carbonyl (C=O) groups is 3. The van der Waals surface area contributed by atoms with Crippen LogP contribution in [-0.4, -0.2) is 89.7 Å². The fourth-order valence-corrected chi connectivity index (χ4v) is 8.93. The lowest BCUT2D eigenvalue weighted by atomic mass is 9.83. The molecule has 3 aliphatic heterocycles. The first-order valence-corrected chi connectivity index (χ1v) is 20.9. The normalized spacial score (nSPS) is 24.2. The van der Waals surface area contributed by atoms with Gasteiger partial charge in [-0.15, -0.1) is 0 Å². The standard InChI is InChI=1S/C45H62N6O5.5H2S/c1-8-50-39-16-15-30-12-9-10-13-37(47-42(52)33-22-28(33)2)43(53)51-19-11-14-38(48-51)44(54)56-27-45(4,5)25-36(34(39)23-30)41(50)35-24-32(26-46-40(35)29(3)55-7)31-17-20-49(6)21-18-31;;;;;/h9-10,15-16,23-24,26,28-29,31,33,37-38,48H,8,11-14,17-22,25,27H2,1-7H3,(H,47,52);5*1H2/b10-9-;;;;;/t28-,29-,33-,37-,38-;;;;;/m0...../s1. The van der Waals surface area contributed by atoms with Crippen molar-refractivity contribution in [3.63, 3.8) is 0 Å². The molecular formula is C45H72N6O5S5. The third-order valence-corrected chi connectivity index (χ3v) is 12.6. The van der Waals surface area contributed by atoms with Crippen LogP contribution in [0.1, 0.15) is 108 Å². The van der Waals surface area contributed by atoms with E-state index in [2.05, 4.69) is 98.4 Å². The van der Waals surface area contributed by atoms with Crippen LogP contribution in [0.2, 0.25) is 0 Å². The zero-order chi connectivity index (χ0) is 39.7. The number of likely N-dealkylation sites (tertiary alicyclic amines) is 1. The largest absolute Gasteiger partial charge is 0.464 e. The van der Waals surface area contributed by atoms with Crippen molar-refractivity contribution in [1.82, 2.24) is 30.2 Å². The van der Waals surface area contributed by atoms with E-state index in [4.69, 9.17) is 14.5 Å². The van der Waals surface area contributed by atoms with Gasteiger partial charge in [-0.05, 0) is 132 Å². The van der Waals surface area contributed by atoms with Crippen molar-refractivity contribution < 1.29 is 23.9 Å². The summed E-state index contributed by atoms with van der Waals surface area (Å²) >= 11 is 0. The second kappa shape index (κ2) is 23.6. The Bertz CT molecular complexity index is 1990. The van der Waals surface area contributed by atoms with E-state index in [9.17, 15) is 14.4 Å². The second-order valence-electron chi connectivity index (χ2n) is 17.6. The Hall–Kier alpha value is -2.31. The zero-order valence-corrected chi connectivity index (χ0v) is 42.0. The van der Waals surface area contributed by atoms with Gasteiger partial charge in [0, 0.05) is 54.2 Å². The molecule has 2 N–H and O–H groups in total. The number of fused-ring (bicyclic) bond motifs is 3. The second-order valence-corrected chi connectivity index (χ2v) is 17.6. The van der Waals surface area contributed by atoms with Crippen molar-refractivity contribution in [2.24, 2.45) is 17.3 Å². The smallest absolute Gasteiger partial charge is 0.324 e. The quantitative estimate of drug-likeness (QED) is 0.191. The first kappa shape index (κ1) is 54.8. The molecule has 1 saturated carbocycles. The summed E-state index contributed by atoms with van der Waals surface area (Å²) in [6, 6.07) is 7.74. The summed E-state index contributed by atoms with van der Waals surface area (Å²) in [5.41, 5.74) is 10.7. The average molecular weight is 937 g/mol. The van der Waals surface area contributed by atoms with Gasteiger partial charge < -0.3 is 24.3 Å². The molecule has 11 nitrogen and oxygen atoms in total. The Kier molecular flexibility index (Phi) is 21.2. The predicted molar refractivity (Wildman–Crippen MR) is 271 cm³/mol. The molecule has 16 heteroatoms. The highest BCUT2D eigenvalue weighted by molar-refractivity contribution is 7.60. The SMILES string of the molecule is CCn1c(-c2cc(C3CCN(C)CC3)cnc2[C@H](C)OC)c2c3cc(ccc31)C/C=C\C[C@H](NC(=O)[C@H]1C[C@@H]1C)C(=O)N1CCC[C@H](N1)C(=O)OCC(C)(C)C2.S.S.S.S.S. The highest BCUT2D eigenvalue weighted by atomic mass is 32.1. The Morgan fingerprint density at radius 1 is 1.05 bits per heavy atom. The number of nitrogens with zero attached hydrogens (tertiary/aromatic N) is 4. The minimum absolute atomic E-state index is 0.